The van der Waals surface area contributed by atoms with Crippen LogP contribution in [0.1, 0.15) is 47.1 Å². The minimum atomic E-state index is 0.0656. The molecule has 0 N–H and O–H groups in total. The molecule has 0 aliphatic carbocycles. The van der Waals surface area contributed by atoms with Crippen LogP contribution < -0.4 is 0 Å². The number of aromatic nitrogens is 1. The minimum Gasteiger partial charge on any atom is -0.334 e. The minimum absolute atomic E-state index is 0.0656. The molecule has 0 aliphatic heterocycles. The predicted octanol–water partition coefficient (Wildman–Crippen LogP) is 5.33. The third-order valence-corrected chi connectivity index (χ3v) is 5.53. The summed E-state index contributed by atoms with van der Waals surface area (Å²) in [6.07, 6.45) is 4.45. The van der Waals surface area contributed by atoms with E-state index in [1.54, 1.807) is 17.5 Å². The maximum Gasteiger partial charge on any atom is 0.254 e. The van der Waals surface area contributed by atoms with Crippen LogP contribution in [0, 0.1) is 0 Å². The van der Waals surface area contributed by atoms with Crippen LogP contribution in [0.4, 0.5) is 0 Å². The van der Waals surface area contributed by atoms with Crippen LogP contribution in [-0.4, -0.2) is 22.3 Å². The van der Waals surface area contributed by atoms with Crippen LogP contribution in [-0.2, 0) is 18.4 Å². The van der Waals surface area contributed by atoms with Crippen molar-refractivity contribution in [2.45, 2.75) is 39.2 Å². The molecule has 1 aromatic carbocycles. The summed E-state index contributed by atoms with van der Waals surface area (Å²) in [6.45, 7) is 7.80. The number of amides is 1. The molecule has 1 amide bonds. The summed E-state index contributed by atoms with van der Waals surface area (Å²) in [5.74, 6) is 0.0656. The van der Waals surface area contributed by atoms with Crippen molar-refractivity contribution in [3.8, 4) is 0 Å². The van der Waals surface area contributed by atoms with Gasteiger partial charge in [0.2, 0.25) is 0 Å². The molecule has 3 aromatic rings. The molecule has 0 atom stereocenters. The second-order valence-electron chi connectivity index (χ2n) is 7.74. The first-order valence-electron chi connectivity index (χ1n) is 9.24. The van der Waals surface area contributed by atoms with Gasteiger partial charge in [-0.05, 0) is 52.6 Å². The lowest BCUT2D eigenvalue weighted by Crippen LogP contribution is -2.32. The van der Waals surface area contributed by atoms with Gasteiger partial charge in [0.15, 0.2) is 0 Å². The van der Waals surface area contributed by atoms with Gasteiger partial charge in [-0.3, -0.25) is 9.78 Å². The summed E-state index contributed by atoms with van der Waals surface area (Å²) in [4.78, 5) is 20.6. The van der Waals surface area contributed by atoms with Crippen molar-refractivity contribution in [2.75, 3.05) is 6.54 Å². The average molecular weight is 379 g/mol. The molecule has 0 saturated heterocycles. The van der Waals surface area contributed by atoms with Crippen LogP contribution >= 0.6 is 11.3 Å². The first-order chi connectivity index (χ1) is 12.9. The van der Waals surface area contributed by atoms with Crippen molar-refractivity contribution in [1.29, 1.82) is 0 Å². The normalized spacial score (nSPS) is 11.4. The Morgan fingerprint density at radius 2 is 1.85 bits per heavy atom. The van der Waals surface area contributed by atoms with Crippen LogP contribution in [0.25, 0.3) is 0 Å². The number of pyridine rings is 1. The largest absolute Gasteiger partial charge is 0.334 e. The third-order valence-electron chi connectivity index (χ3n) is 4.59. The van der Waals surface area contributed by atoms with Gasteiger partial charge in [-0.2, -0.15) is 0 Å². The fourth-order valence-electron chi connectivity index (χ4n) is 2.96. The smallest absolute Gasteiger partial charge is 0.254 e. The zero-order chi connectivity index (χ0) is 19.3. The maximum atomic E-state index is 13.2. The van der Waals surface area contributed by atoms with Crippen molar-refractivity contribution in [2.24, 2.45) is 0 Å². The Morgan fingerprint density at radius 1 is 1.07 bits per heavy atom. The quantitative estimate of drug-likeness (QED) is 0.581. The van der Waals surface area contributed by atoms with E-state index in [2.05, 4.69) is 55.4 Å². The average Bonchev–Trinajstić information content (AvgIpc) is 3.18. The van der Waals surface area contributed by atoms with Gasteiger partial charge in [-0.25, -0.2) is 0 Å². The number of hydrogen-bond donors (Lipinski definition) is 0. The Labute approximate surface area is 165 Å². The molecule has 2 aromatic heterocycles. The van der Waals surface area contributed by atoms with Gasteiger partial charge < -0.3 is 4.90 Å². The van der Waals surface area contributed by atoms with Crippen LogP contribution in [0.15, 0.2) is 66.3 Å². The molecule has 140 valence electrons. The van der Waals surface area contributed by atoms with Crippen LogP contribution in [0.5, 0.6) is 0 Å². The van der Waals surface area contributed by atoms with E-state index < -0.39 is 0 Å². The monoisotopic (exact) mass is 378 g/mol. The topological polar surface area (TPSA) is 33.2 Å². The highest BCUT2D eigenvalue weighted by molar-refractivity contribution is 7.09. The standard InChI is InChI=1S/C23H26N2OS/c1-23(2,3)20-10-8-19(9-11-20)22(26)25(14-12-21-7-5-15-27-21)17-18-6-4-13-24-16-18/h4-11,13,15-16H,12,14,17H2,1-3H3. The van der Waals surface area contributed by atoms with E-state index in [1.807, 2.05) is 35.4 Å². The second-order valence-corrected chi connectivity index (χ2v) is 8.78. The van der Waals surface area contributed by atoms with Gasteiger partial charge in [0.1, 0.15) is 0 Å². The number of thiophene rings is 1. The number of carbonyl (C=O) groups excluding carboxylic acids is 1. The summed E-state index contributed by atoms with van der Waals surface area (Å²) in [7, 11) is 0. The van der Waals surface area contributed by atoms with Gasteiger partial charge in [-0.1, -0.05) is 45.0 Å². The number of rotatable bonds is 6. The summed E-state index contributed by atoms with van der Waals surface area (Å²) in [5.41, 5.74) is 3.09. The molecule has 0 fully saturated rings. The first kappa shape index (κ1) is 19.3. The number of carbonyl (C=O) groups is 1. The molecule has 2 heterocycles. The Balaban J connectivity index is 1.78. The highest BCUT2D eigenvalue weighted by Gasteiger charge is 2.18. The van der Waals surface area contributed by atoms with E-state index in [-0.39, 0.29) is 11.3 Å². The number of nitrogens with zero attached hydrogens (tertiary/aromatic N) is 2. The van der Waals surface area contributed by atoms with E-state index >= 15 is 0 Å². The van der Waals surface area contributed by atoms with Crippen LogP contribution in [0.3, 0.4) is 0 Å². The molecule has 0 radical (unpaired) electrons. The highest BCUT2D eigenvalue weighted by Crippen LogP contribution is 2.23. The fraction of sp³-hybridized carbons (Fsp3) is 0.304. The molecule has 27 heavy (non-hydrogen) atoms. The van der Waals surface area contributed by atoms with E-state index in [4.69, 9.17) is 0 Å². The SMILES string of the molecule is CC(C)(C)c1ccc(C(=O)N(CCc2cccs2)Cc2cccnc2)cc1. The van der Waals surface area contributed by atoms with Gasteiger partial charge in [0.05, 0.1) is 0 Å². The Bertz CT molecular complexity index is 850. The Hall–Kier alpha value is -2.46. The van der Waals surface area contributed by atoms with Gasteiger partial charge in [0.25, 0.3) is 5.91 Å². The zero-order valence-corrected chi connectivity index (χ0v) is 17.0. The van der Waals surface area contributed by atoms with E-state index in [1.165, 1.54) is 10.4 Å². The Morgan fingerprint density at radius 3 is 2.44 bits per heavy atom. The van der Waals surface area contributed by atoms with E-state index in [9.17, 15) is 4.79 Å². The molecule has 0 spiro atoms. The van der Waals surface area contributed by atoms with Gasteiger partial charge in [-0.15, -0.1) is 11.3 Å². The summed E-state index contributed by atoms with van der Waals surface area (Å²) < 4.78 is 0. The molecule has 3 rings (SSSR count). The lowest BCUT2D eigenvalue weighted by atomic mass is 9.86. The molecule has 0 aliphatic rings. The molecule has 0 bridgehead atoms. The molecule has 0 saturated carbocycles. The van der Waals surface area contributed by atoms with Crippen LogP contribution in [0.2, 0.25) is 0 Å². The second kappa shape index (κ2) is 8.49. The summed E-state index contributed by atoms with van der Waals surface area (Å²) in [5, 5.41) is 2.08. The lowest BCUT2D eigenvalue weighted by Gasteiger charge is -2.24. The zero-order valence-electron chi connectivity index (χ0n) is 16.2. The van der Waals surface area contributed by atoms with Crippen molar-refractivity contribution >= 4 is 17.2 Å². The number of benzene rings is 1. The third kappa shape index (κ3) is 5.27. The lowest BCUT2D eigenvalue weighted by molar-refractivity contribution is 0.0745. The van der Waals surface area contributed by atoms with Gasteiger partial charge >= 0.3 is 0 Å². The van der Waals surface area contributed by atoms with Gasteiger partial charge in [0, 0.05) is 35.9 Å². The Kier molecular flexibility index (Phi) is 6.07. The van der Waals surface area contributed by atoms with Crippen molar-refractivity contribution in [3.63, 3.8) is 0 Å². The fourth-order valence-corrected chi connectivity index (χ4v) is 3.66. The summed E-state index contributed by atoms with van der Waals surface area (Å²) >= 11 is 1.73. The molecular formula is C23H26N2OS. The number of hydrogen-bond acceptors (Lipinski definition) is 3. The molecule has 4 heteroatoms. The molecule has 3 nitrogen and oxygen atoms in total. The van der Waals surface area contributed by atoms with Crippen molar-refractivity contribution in [3.05, 3.63) is 87.9 Å². The van der Waals surface area contributed by atoms with Crippen molar-refractivity contribution in [1.82, 2.24) is 9.88 Å². The van der Waals surface area contributed by atoms with Crippen molar-refractivity contribution < 1.29 is 4.79 Å². The van der Waals surface area contributed by atoms with E-state index in [0.29, 0.717) is 13.1 Å². The summed E-state index contributed by atoms with van der Waals surface area (Å²) in [6, 6.07) is 16.1. The maximum absolute atomic E-state index is 13.2. The molecular weight excluding hydrogens is 352 g/mol. The predicted molar refractivity (Wildman–Crippen MR) is 112 cm³/mol. The van der Waals surface area contributed by atoms with E-state index in [0.717, 1.165) is 17.5 Å². The molecule has 0 unspecified atom stereocenters. The highest BCUT2D eigenvalue weighted by atomic mass is 32.1. The first-order valence-corrected chi connectivity index (χ1v) is 10.1.